The molecule has 1 aromatic carbocycles. The van der Waals surface area contributed by atoms with E-state index < -0.39 is 0 Å². The van der Waals surface area contributed by atoms with Crippen LogP contribution in [0.5, 0.6) is 0 Å². The first kappa shape index (κ1) is 11.3. The van der Waals surface area contributed by atoms with Crippen molar-refractivity contribution in [2.75, 3.05) is 0 Å². The zero-order valence-electron chi connectivity index (χ0n) is 8.05. The van der Waals surface area contributed by atoms with Crippen molar-refractivity contribution in [2.24, 2.45) is 5.84 Å². The van der Waals surface area contributed by atoms with Crippen LogP contribution in [0.25, 0.3) is 0 Å². The molecule has 0 radical (unpaired) electrons. The van der Waals surface area contributed by atoms with Gasteiger partial charge in [0.15, 0.2) is 0 Å². The van der Waals surface area contributed by atoms with Crippen molar-refractivity contribution in [3.8, 4) is 12.3 Å². The molecule has 0 spiro atoms. The first-order valence-corrected chi connectivity index (χ1v) is 5.14. The Kier molecular flexibility index (Phi) is 4.15. The summed E-state index contributed by atoms with van der Waals surface area (Å²) in [4.78, 5) is 0. The van der Waals surface area contributed by atoms with Crippen molar-refractivity contribution < 1.29 is 0 Å². The Morgan fingerprint density at radius 2 is 2.36 bits per heavy atom. The van der Waals surface area contributed by atoms with E-state index in [1.54, 1.807) is 0 Å². The Labute approximate surface area is 93.0 Å². The standard InChI is InChI=1S/C11H13BrN2/c1-3-5-11(14-13)9-6-4-7-10(12)8(9)2/h1,4,6-7,11,14H,5,13H2,2H3. The lowest BCUT2D eigenvalue weighted by molar-refractivity contribution is 0.565. The van der Waals surface area contributed by atoms with Gasteiger partial charge < -0.3 is 0 Å². The number of rotatable bonds is 3. The van der Waals surface area contributed by atoms with Crippen LogP contribution in [0.15, 0.2) is 22.7 Å². The Morgan fingerprint density at radius 1 is 1.64 bits per heavy atom. The molecule has 0 fully saturated rings. The molecular formula is C11H13BrN2. The molecule has 1 aromatic rings. The first-order valence-electron chi connectivity index (χ1n) is 4.35. The highest BCUT2D eigenvalue weighted by atomic mass is 79.9. The molecule has 0 saturated heterocycles. The molecule has 0 aliphatic rings. The van der Waals surface area contributed by atoms with Gasteiger partial charge in [0.25, 0.3) is 0 Å². The second-order valence-corrected chi connectivity index (χ2v) is 3.94. The highest BCUT2D eigenvalue weighted by Gasteiger charge is 2.11. The van der Waals surface area contributed by atoms with Crippen molar-refractivity contribution in [1.29, 1.82) is 0 Å². The smallest absolute Gasteiger partial charge is 0.0572 e. The number of terminal acetylenes is 1. The lowest BCUT2D eigenvalue weighted by Gasteiger charge is -2.16. The summed E-state index contributed by atoms with van der Waals surface area (Å²) in [5.41, 5.74) is 5.03. The third-order valence-corrected chi connectivity index (χ3v) is 3.07. The molecule has 0 saturated carbocycles. The lowest BCUT2D eigenvalue weighted by atomic mass is 10.00. The molecule has 3 N–H and O–H groups in total. The van der Waals surface area contributed by atoms with Gasteiger partial charge in [0, 0.05) is 10.9 Å². The van der Waals surface area contributed by atoms with E-state index in [2.05, 4.69) is 27.3 Å². The first-order chi connectivity index (χ1) is 6.70. The average molecular weight is 253 g/mol. The van der Waals surface area contributed by atoms with Gasteiger partial charge in [-0.2, -0.15) is 0 Å². The Balaban J connectivity index is 3.05. The van der Waals surface area contributed by atoms with Crippen LogP contribution in [0.1, 0.15) is 23.6 Å². The van der Waals surface area contributed by atoms with E-state index in [4.69, 9.17) is 12.3 Å². The molecule has 1 atom stereocenters. The van der Waals surface area contributed by atoms with Crippen LogP contribution in [0.2, 0.25) is 0 Å². The number of nitrogens with one attached hydrogen (secondary N) is 1. The summed E-state index contributed by atoms with van der Waals surface area (Å²) >= 11 is 3.47. The van der Waals surface area contributed by atoms with E-state index in [9.17, 15) is 0 Å². The molecule has 2 nitrogen and oxygen atoms in total. The number of benzene rings is 1. The molecule has 1 unspecified atom stereocenters. The average Bonchev–Trinajstić information content (AvgIpc) is 2.19. The highest BCUT2D eigenvalue weighted by Crippen LogP contribution is 2.25. The van der Waals surface area contributed by atoms with E-state index in [0.717, 1.165) is 10.0 Å². The molecule has 1 rings (SSSR count). The van der Waals surface area contributed by atoms with Crippen LogP contribution in [0.4, 0.5) is 0 Å². The van der Waals surface area contributed by atoms with E-state index in [1.165, 1.54) is 5.56 Å². The lowest BCUT2D eigenvalue weighted by Crippen LogP contribution is -2.28. The van der Waals surface area contributed by atoms with Crippen molar-refractivity contribution in [1.82, 2.24) is 5.43 Å². The zero-order chi connectivity index (χ0) is 10.6. The summed E-state index contributed by atoms with van der Waals surface area (Å²) in [6.07, 6.45) is 5.86. The van der Waals surface area contributed by atoms with E-state index >= 15 is 0 Å². The van der Waals surface area contributed by atoms with Gasteiger partial charge in [-0.15, -0.1) is 12.3 Å². The molecular weight excluding hydrogens is 240 g/mol. The number of hydrazine groups is 1. The van der Waals surface area contributed by atoms with E-state index in [1.807, 2.05) is 25.1 Å². The molecule has 14 heavy (non-hydrogen) atoms. The summed E-state index contributed by atoms with van der Waals surface area (Å²) in [7, 11) is 0. The summed E-state index contributed by atoms with van der Waals surface area (Å²) < 4.78 is 1.08. The van der Waals surface area contributed by atoms with Gasteiger partial charge in [-0.1, -0.05) is 28.1 Å². The molecule has 0 aliphatic heterocycles. The predicted octanol–water partition coefficient (Wildman–Crippen LogP) is 2.29. The summed E-state index contributed by atoms with van der Waals surface area (Å²) in [5, 5.41) is 0. The molecule has 0 aromatic heterocycles. The quantitative estimate of drug-likeness (QED) is 0.492. The Morgan fingerprint density at radius 3 is 2.93 bits per heavy atom. The fourth-order valence-electron chi connectivity index (χ4n) is 1.38. The van der Waals surface area contributed by atoms with E-state index in [-0.39, 0.29) is 6.04 Å². The fraction of sp³-hybridized carbons (Fsp3) is 0.273. The topological polar surface area (TPSA) is 38.0 Å². The van der Waals surface area contributed by atoms with Gasteiger partial charge in [-0.05, 0) is 24.1 Å². The second-order valence-electron chi connectivity index (χ2n) is 3.08. The van der Waals surface area contributed by atoms with Crippen molar-refractivity contribution in [2.45, 2.75) is 19.4 Å². The van der Waals surface area contributed by atoms with Crippen molar-refractivity contribution in [3.63, 3.8) is 0 Å². The SMILES string of the molecule is C#CCC(NN)c1cccc(Br)c1C. The van der Waals surface area contributed by atoms with Gasteiger partial charge in [0.1, 0.15) is 0 Å². The zero-order valence-corrected chi connectivity index (χ0v) is 9.64. The molecule has 0 amide bonds. The second kappa shape index (κ2) is 5.16. The van der Waals surface area contributed by atoms with Crippen LogP contribution >= 0.6 is 15.9 Å². The van der Waals surface area contributed by atoms with Crippen LogP contribution in [0, 0.1) is 19.3 Å². The molecule has 0 aliphatic carbocycles. The third-order valence-electron chi connectivity index (χ3n) is 2.21. The maximum Gasteiger partial charge on any atom is 0.0572 e. The highest BCUT2D eigenvalue weighted by molar-refractivity contribution is 9.10. The van der Waals surface area contributed by atoms with E-state index in [0.29, 0.717) is 6.42 Å². The monoisotopic (exact) mass is 252 g/mol. The minimum atomic E-state index is 0.0255. The number of halogens is 1. The Bertz CT molecular complexity index is 355. The third kappa shape index (κ3) is 2.36. The molecule has 74 valence electrons. The largest absolute Gasteiger partial charge is 0.271 e. The predicted molar refractivity (Wildman–Crippen MR) is 62.4 cm³/mol. The van der Waals surface area contributed by atoms with Gasteiger partial charge in [0.05, 0.1) is 6.04 Å². The van der Waals surface area contributed by atoms with Gasteiger partial charge in [-0.25, -0.2) is 0 Å². The Hall–Kier alpha value is -0.820. The van der Waals surface area contributed by atoms with Crippen molar-refractivity contribution >= 4 is 15.9 Å². The number of hydrogen-bond acceptors (Lipinski definition) is 2. The maximum absolute atomic E-state index is 5.45. The molecule has 3 heteroatoms. The maximum atomic E-state index is 5.45. The van der Waals surface area contributed by atoms with Gasteiger partial charge in [-0.3, -0.25) is 11.3 Å². The van der Waals surface area contributed by atoms with Crippen molar-refractivity contribution in [3.05, 3.63) is 33.8 Å². The summed E-state index contributed by atoms with van der Waals surface area (Å²) in [6, 6.07) is 6.04. The minimum absolute atomic E-state index is 0.0255. The number of hydrogen-bond donors (Lipinski definition) is 2. The van der Waals surface area contributed by atoms with Gasteiger partial charge >= 0.3 is 0 Å². The fourth-order valence-corrected chi connectivity index (χ4v) is 1.76. The molecule has 0 heterocycles. The summed E-state index contributed by atoms with van der Waals surface area (Å²) in [5.74, 6) is 8.06. The van der Waals surface area contributed by atoms with Crippen LogP contribution < -0.4 is 11.3 Å². The number of nitrogens with two attached hydrogens (primary N) is 1. The van der Waals surface area contributed by atoms with Crippen LogP contribution in [-0.4, -0.2) is 0 Å². The normalized spacial score (nSPS) is 12.1. The minimum Gasteiger partial charge on any atom is -0.271 e. The van der Waals surface area contributed by atoms with Crippen LogP contribution in [-0.2, 0) is 0 Å². The van der Waals surface area contributed by atoms with Gasteiger partial charge in [0.2, 0.25) is 0 Å². The van der Waals surface area contributed by atoms with Crippen LogP contribution in [0.3, 0.4) is 0 Å². The molecule has 0 bridgehead atoms. The summed E-state index contributed by atoms with van der Waals surface area (Å²) in [6.45, 7) is 2.04.